The van der Waals surface area contributed by atoms with Crippen LogP contribution in [0.4, 0.5) is 0 Å². The van der Waals surface area contributed by atoms with Crippen molar-refractivity contribution in [3.8, 4) is 22.1 Å². The van der Waals surface area contributed by atoms with Crippen molar-refractivity contribution >= 4 is 11.3 Å². The lowest BCUT2D eigenvalue weighted by atomic mass is 9.87. The Morgan fingerprint density at radius 1 is 1.14 bits per heavy atom. The van der Waals surface area contributed by atoms with E-state index in [0.29, 0.717) is 6.04 Å². The van der Waals surface area contributed by atoms with Crippen LogP contribution in [0.3, 0.4) is 0 Å². The highest BCUT2D eigenvalue weighted by Crippen LogP contribution is 2.37. The number of aromatic nitrogens is 1. The van der Waals surface area contributed by atoms with Gasteiger partial charge < -0.3 is 9.47 Å². The molecule has 1 atom stereocenters. The first-order valence-corrected chi connectivity index (χ1v) is 10.5. The Hall–Kier alpha value is -2.37. The lowest BCUT2D eigenvalue weighted by molar-refractivity contribution is 0.211. The molecule has 0 aliphatic heterocycles. The van der Waals surface area contributed by atoms with Gasteiger partial charge in [0.05, 0.1) is 25.5 Å². The predicted octanol–water partition coefficient (Wildman–Crippen LogP) is 5.34. The molecule has 1 heterocycles. The van der Waals surface area contributed by atoms with Gasteiger partial charge in [0.25, 0.3) is 0 Å². The molecular formula is C23H26N2O2S. The van der Waals surface area contributed by atoms with Gasteiger partial charge in [-0.25, -0.2) is 4.98 Å². The summed E-state index contributed by atoms with van der Waals surface area (Å²) in [6, 6.07) is 15.2. The number of nitrogens with zero attached hydrogens (tertiary/aromatic N) is 2. The van der Waals surface area contributed by atoms with Crippen LogP contribution in [-0.2, 0) is 13.0 Å². The average molecular weight is 395 g/mol. The van der Waals surface area contributed by atoms with Gasteiger partial charge in [0, 0.05) is 24.0 Å². The smallest absolute Gasteiger partial charge is 0.132 e. The highest BCUT2D eigenvalue weighted by Gasteiger charge is 2.24. The second-order valence-corrected chi connectivity index (χ2v) is 8.09. The molecule has 4 rings (SSSR count). The van der Waals surface area contributed by atoms with E-state index in [4.69, 9.17) is 14.5 Å². The van der Waals surface area contributed by atoms with Crippen molar-refractivity contribution in [3.05, 3.63) is 64.7 Å². The highest BCUT2D eigenvalue weighted by molar-refractivity contribution is 7.13. The Labute approximate surface area is 170 Å². The van der Waals surface area contributed by atoms with Crippen molar-refractivity contribution < 1.29 is 9.47 Å². The van der Waals surface area contributed by atoms with E-state index in [1.54, 1.807) is 25.6 Å². The largest absolute Gasteiger partial charge is 0.497 e. The first kappa shape index (κ1) is 19.0. The molecule has 0 spiro atoms. The van der Waals surface area contributed by atoms with Crippen LogP contribution in [0.25, 0.3) is 10.6 Å². The summed E-state index contributed by atoms with van der Waals surface area (Å²) in [6.07, 6.45) is 3.65. The SMILES string of the molecule is COc1ccc(-c2nc(CN(C)[C@@H]3CCCc4ccccc43)cs2)c(OC)c1. The maximum atomic E-state index is 5.54. The molecule has 28 heavy (non-hydrogen) atoms. The van der Waals surface area contributed by atoms with Gasteiger partial charge in [0.1, 0.15) is 16.5 Å². The molecule has 0 amide bonds. The van der Waals surface area contributed by atoms with Crippen molar-refractivity contribution in [1.29, 1.82) is 0 Å². The Kier molecular flexibility index (Phi) is 5.64. The van der Waals surface area contributed by atoms with E-state index in [-0.39, 0.29) is 0 Å². The number of thiazole rings is 1. The average Bonchev–Trinajstić information content (AvgIpc) is 3.20. The molecule has 4 nitrogen and oxygen atoms in total. The standard InChI is InChI=1S/C23H26N2O2S/c1-25(21-10-6-8-16-7-4-5-9-19(16)21)14-17-15-28-23(24-17)20-12-11-18(26-2)13-22(20)27-3/h4-5,7,9,11-13,15,21H,6,8,10,14H2,1-3H3/t21-/m1/s1. The lowest BCUT2D eigenvalue weighted by Crippen LogP contribution is -2.27. The fraction of sp³-hybridized carbons (Fsp3) is 0.348. The predicted molar refractivity (Wildman–Crippen MR) is 114 cm³/mol. The number of rotatable bonds is 6. The van der Waals surface area contributed by atoms with E-state index >= 15 is 0 Å². The zero-order valence-electron chi connectivity index (χ0n) is 16.6. The Morgan fingerprint density at radius 3 is 2.82 bits per heavy atom. The maximum absolute atomic E-state index is 5.54. The van der Waals surface area contributed by atoms with Gasteiger partial charge in [0.15, 0.2) is 0 Å². The van der Waals surface area contributed by atoms with E-state index in [1.165, 1.54) is 30.4 Å². The Morgan fingerprint density at radius 2 is 2.00 bits per heavy atom. The molecule has 3 aromatic rings. The fourth-order valence-electron chi connectivity index (χ4n) is 4.03. The molecule has 2 aromatic carbocycles. The van der Waals surface area contributed by atoms with E-state index in [9.17, 15) is 0 Å². The summed E-state index contributed by atoms with van der Waals surface area (Å²) in [5.41, 5.74) is 5.07. The zero-order chi connectivity index (χ0) is 19.5. The number of fused-ring (bicyclic) bond motifs is 1. The normalized spacial score (nSPS) is 16.1. The molecule has 1 aromatic heterocycles. The summed E-state index contributed by atoms with van der Waals surface area (Å²) in [7, 11) is 5.55. The minimum Gasteiger partial charge on any atom is -0.497 e. The van der Waals surface area contributed by atoms with Crippen LogP contribution in [0.5, 0.6) is 11.5 Å². The van der Waals surface area contributed by atoms with Crippen LogP contribution in [-0.4, -0.2) is 31.2 Å². The van der Waals surface area contributed by atoms with E-state index in [2.05, 4.69) is 41.6 Å². The lowest BCUT2D eigenvalue weighted by Gasteiger charge is -2.32. The van der Waals surface area contributed by atoms with Crippen molar-refractivity contribution in [2.45, 2.75) is 31.8 Å². The number of hydrogen-bond acceptors (Lipinski definition) is 5. The molecule has 0 saturated carbocycles. The third-order valence-electron chi connectivity index (χ3n) is 5.47. The molecule has 0 fully saturated rings. The van der Waals surface area contributed by atoms with E-state index in [1.807, 2.05) is 18.2 Å². The summed E-state index contributed by atoms with van der Waals surface area (Å²) < 4.78 is 10.8. The highest BCUT2D eigenvalue weighted by atomic mass is 32.1. The van der Waals surface area contributed by atoms with Gasteiger partial charge in [-0.3, -0.25) is 4.90 Å². The molecule has 146 valence electrons. The third kappa shape index (κ3) is 3.77. The van der Waals surface area contributed by atoms with Crippen LogP contribution in [0, 0.1) is 0 Å². The second kappa shape index (κ2) is 8.33. The van der Waals surface area contributed by atoms with Crippen LogP contribution in [0.1, 0.15) is 35.7 Å². The molecule has 1 aliphatic rings. The molecule has 0 saturated heterocycles. The maximum Gasteiger partial charge on any atom is 0.132 e. The minimum absolute atomic E-state index is 0.464. The minimum atomic E-state index is 0.464. The summed E-state index contributed by atoms with van der Waals surface area (Å²) in [5.74, 6) is 1.57. The van der Waals surface area contributed by atoms with Gasteiger partial charge in [0.2, 0.25) is 0 Å². The van der Waals surface area contributed by atoms with Crippen LogP contribution >= 0.6 is 11.3 Å². The Bertz CT molecular complexity index is 953. The van der Waals surface area contributed by atoms with Crippen LogP contribution < -0.4 is 9.47 Å². The van der Waals surface area contributed by atoms with E-state index in [0.717, 1.165) is 34.3 Å². The number of aryl methyl sites for hydroxylation is 1. The summed E-state index contributed by atoms with van der Waals surface area (Å²) >= 11 is 1.66. The topological polar surface area (TPSA) is 34.6 Å². The van der Waals surface area contributed by atoms with Gasteiger partial charge in [-0.1, -0.05) is 24.3 Å². The molecule has 0 radical (unpaired) electrons. The molecule has 0 bridgehead atoms. The number of methoxy groups -OCH3 is 2. The van der Waals surface area contributed by atoms with Crippen LogP contribution in [0.15, 0.2) is 47.8 Å². The molecule has 5 heteroatoms. The first-order valence-electron chi connectivity index (χ1n) is 9.64. The molecular weight excluding hydrogens is 368 g/mol. The van der Waals surface area contributed by atoms with Crippen molar-refractivity contribution in [3.63, 3.8) is 0 Å². The fourth-order valence-corrected chi connectivity index (χ4v) is 4.87. The van der Waals surface area contributed by atoms with Crippen molar-refractivity contribution in [2.75, 3.05) is 21.3 Å². The van der Waals surface area contributed by atoms with Gasteiger partial charge in [-0.15, -0.1) is 11.3 Å². The zero-order valence-corrected chi connectivity index (χ0v) is 17.5. The van der Waals surface area contributed by atoms with Crippen molar-refractivity contribution in [2.24, 2.45) is 0 Å². The molecule has 0 N–H and O–H groups in total. The third-order valence-corrected chi connectivity index (χ3v) is 6.40. The quantitative estimate of drug-likeness (QED) is 0.565. The van der Waals surface area contributed by atoms with Crippen LogP contribution in [0.2, 0.25) is 0 Å². The van der Waals surface area contributed by atoms with Gasteiger partial charge in [-0.05, 0) is 49.6 Å². The monoisotopic (exact) mass is 394 g/mol. The number of hydrogen-bond donors (Lipinski definition) is 0. The number of ether oxygens (including phenoxy) is 2. The first-order chi connectivity index (χ1) is 13.7. The van der Waals surface area contributed by atoms with Gasteiger partial charge in [-0.2, -0.15) is 0 Å². The summed E-state index contributed by atoms with van der Waals surface area (Å²) in [5, 5.41) is 3.14. The molecule has 1 aliphatic carbocycles. The van der Waals surface area contributed by atoms with Crippen molar-refractivity contribution in [1.82, 2.24) is 9.88 Å². The summed E-state index contributed by atoms with van der Waals surface area (Å²) in [4.78, 5) is 7.32. The van der Waals surface area contributed by atoms with Gasteiger partial charge >= 0.3 is 0 Å². The Balaban J connectivity index is 1.53. The molecule has 0 unspecified atom stereocenters. The number of benzene rings is 2. The second-order valence-electron chi connectivity index (χ2n) is 7.23. The summed E-state index contributed by atoms with van der Waals surface area (Å²) in [6.45, 7) is 0.841. The van der Waals surface area contributed by atoms with E-state index < -0.39 is 0 Å².